The Morgan fingerprint density at radius 2 is 1.83 bits per heavy atom. The first-order valence-electron chi connectivity index (χ1n) is 8.05. The molecule has 0 aromatic heterocycles. The third kappa shape index (κ3) is 5.44. The number of carbonyl (C=O) groups excluding carboxylic acids is 1. The van der Waals surface area contributed by atoms with Gasteiger partial charge in [-0.15, -0.1) is 12.4 Å². The molecule has 24 heavy (non-hydrogen) atoms. The van der Waals surface area contributed by atoms with Crippen LogP contribution in [-0.2, 0) is 21.4 Å². The van der Waals surface area contributed by atoms with Crippen LogP contribution in [0.3, 0.4) is 0 Å². The van der Waals surface area contributed by atoms with Crippen molar-refractivity contribution in [3.8, 4) is 0 Å². The van der Waals surface area contributed by atoms with Crippen molar-refractivity contribution in [2.75, 3.05) is 26.7 Å². The van der Waals surface area contributed by atoms with Crippen LogP contribution in [0.5, 0.6) is 0 Å². The molecule has 0 saturated carbocycles. The molecule has 0 aliphatic carbocycles. The maximum absolute atomic E-state index is 12.8. The molecule has 2 N–H and O–H groups in total. The first kappa shape index (κ1) is 20.9. The summed E-state index contributed by atoms with van der Waals surface area (Å²) in [7, 11) is -1.70. The van der Waals surface area contributed by atoms with Crippen LogP contribution in [0, 0.1) is 0 Å². The Bertz CT molecular complexity index is 631. The van der Waals surface area contributed by atoms with Crippen LogP contribution in [0.2, 0.25) is 0 Å². The lowest BCUT2D eigenvalue weighted by Crippen LogP contribution is -2.36. The van der Waals surface area contributed by atoms with Crippen molar-refractivity contribution in [1.82, 2.24) is 14.9 Å². The van der Waals surface area contributed by atoms with Crippen molar-refractivity contribution in [3.63, 3.8) is 0 Å². The first-order valence-corrected chi connectivity index (χ1v) is 9.49. The number of amides is 1. The van der Waals surface area contributed by atoms with E-state index < -0.39 is 10.0 Å². The van der Waals surface area contributed by atoms with Gasteiger partial charge in [-0.3, -0.25) is 4.79 Å². The molecule has 1 aromatic carbocycles. The van der Waals surface area contributed by atoms with Gasteiger partial charge in [0.1, 0.15) is 0 Å². The molecule has 136 valence electrons. The molecule has 1 aromatic rings. The molecule has 1 aliphatic rings. The molecular formula is C16H26ClN3O3S. The van der Waals surface area contributed by atoms with E-state index in [-0.39, 0.29) is 24.9 Å². The lowest BCUT2D eigenvalue weighted by atomic mass is 10.2. The summed E-state index contributed by atoms with van der Waals surface area (Å²) >= 11 is 0. The van der Waals surface area contributed by atoms with E-state index in [1.807, 2.05) is 0 Å². The van der Waals surface area contributed by atoms with E-state index in [1.165, 1.54) is 0 Å². The minimum atomic E-state index is -3.49. The van der Waals surface area contributed by atoms with Gasteiger partial charge >= 0.3 is 0 Å². The van der Waals surface area contributed by atoms with Crippen LogP contribution in [0.25, 0.3) is 0 Å². The van der Waals surface area contributed by atoms with Crippen LogP contribution in [0.4, 0.5) is 0 Å². The van der Waals surface area contributed by atoms with E-state index in [0.29, 0.717) is 36.5 Å². The molecule has 0 radical (unpaired) electrons. The van der Waals surface area contributed by atoms with Crippen LogP contribution in [0.15, 0.2) is 29.2 Å². The van der Waals surface area contributed by atoms with Crippen LogP contribution in [-0.4, -0.2) is 45.3 Å². The second-order valence-corrected chi connectivity index (χ2v) is 7.61. The molecule has 1 amide bonds. The zero-order valence-corrected chi connectivity index (χ0v) is 15.6. The number of hydrogen-bond donors (Lipinski definition) is 2. The van der Waals surface area contributed by atoms with E-state index in [4.69, 9.17) is 0 Å². The second kappa shape index (κ2) is 9.98. The summed E-state index contributed by atoms with van der Waals surface area (Å²) in [5.41, 5.74) is 0.635. The molecule has 6 nitrogen and oxygen atoms in total. The van der Waals surface area contributed by atoms with Crippen LogP contribution >= 0.6 is 12.4 Å². The lowest BCUT2D eigenvalue weighted by Gasteiger charge is -2.26. The zero-order chi connectivity index (χ0) is 16.7. The van der Waals surface area contributed by atoms with Crippen molar-refractivity contribution in [1.29, 1.82) is 0 Å². The van der Waals surface area contributed by atoms with Gasteiger partial charge in [-0.1, -0.05) is 24.6 Å². The highest BCUT2D eigenvalue weighted by Crippen LogP contribution is 2.23. The van der Waals surface area contributed by atoms with Gasteiger partial charge in [-0.2, -0.15) is 4.31 Å². The maximum Gasteiger partial charge on any atom is 0.243 e. The zero-order valence-electron chi connectivity index (χ0n) is 14.0. The number of benzene rings is 1. The van der Waals surface area contributed by atoms with E-state index >= 15 is 0 Å². The Hall–Kier alpha value is -1.15. The Morgan fingerprint density at radius 1 is 1.17 bits per heavy atom. The Morgan fingerprint density at radius 3 is 2.50 bits per heavy atom. The summed E-state index contributed by atoms with van der Waals surface area (Å²) in [6.07, 6.45) is 3.26. The number of rotatable bonds is 7. The highest BCUT2D eigenvalue weighted by atomic mass is 35.5. The predicted octanol–water partition coefficient (Wildman–Crippen LogP) is 1.51. The van der Waals surface area contributed by atoms with E-state index in [0.717, 1.165) is 19.3 Å². The minimum Gasteiger partial charge on any atom is -0.352 e. The number of nitrogens with zero attached hydrogens (tertiary/aromatic N) is 1. The topological polar surface area (TPSA) is 78.5 Å². The molecule has 1 saturated heterocycles. The molecule has 0 atom stereocenters. The van der Waals surface area contributed by atoms with Gasteiger partial charge in [0.2, 0.25) is 15.9 Å². The predicted molar refractivity (Wildman–Crippen MR) is 96.7 cm³/mol. The highest BCUT2D eigenvalue weighted by Gasteiger charge is 2.27. The molecule has 1 heterocycles. The monoisotopic (exact) mass is 375 g/mol. The molecular weight excluding hydrogens is 350 g/mol. The fourth-order valence-electron chi connectivity index (χ4n) is 2.67. The summed E-state index contributed by atoms with van der Waals surface area (Å²) < 4.78 is 27.2. The van der Waals surface area contributed by atoms with Gasteiger partial charge in [-0.05, 0) is 31.5 Å². The summed E-state index contributed by atoms with van der Waals surface area (Å²) in [5.74, 6) is -0.0930. The average Bonchev–Trinajstić information content (AvgIpc) is 2.59. The van der Waals surface area contributed by atoms with Crippen molar-refractivity contribution in [3.05, 3.63) is 29.8 Å². The molecule has 2 rings (SSSR count). The highest BCUT2D eigenvalue weighted by molar-refractivity contribution is 7.89. The average molecular weight is 376 g/mol. The molecule has 1 aliphatic heterocycles. The van der Waals surface area contributed by atoms with Gasteiger partial charge in [0.25, 0.3) is 0 Å². The second-order valence-electron chi connectivity index (χ2n) is 5.70. The Kier molecular flexibility index (Phi) is 8.69. The lowest BCUT2D eigenvalue weighted by molar-refractivity contribution is -0.121. The molecule has 8 heteroatoms. The third-order valence-electron chi connectivity index (χ3n) is 3.98. The number of hydrogen-bond acceptors (Lipinski definition) is 4. The molecule has 1 fully saturated rings. The number of sulfonamides is 1. The van der Waals surface area contributed by atoms with Crippen molar-refractivity contribution < 1.29 is 13.2 Å². The molecule has 0 spiro atoms. The largest absolute Gasteiger partial charge is 0.352 e. The molecule has 0 bridgehead atoms. The normalized spacial score (nSPS) is 15.5. The third-order valence-corrected chi connectivity index (χ3v) is 5.98. The van der Waals surface area contributed by atoms with Gasteiger partial charge in [0, 0.05) is 32.6 Å². The van der Waals surface area contributed by atoms with Gasteiger partial charge in [-0.25, -0.2) is 8.42 Å². The first-order chi connectivity index (χ1) is 11.1. The molecule has 0 unspecified atom stereocenters. The fourth-order valence-corrected chi connectivity index (χ4v) is 4.41. The summed E-state index contributed by atoms with van der Waals surface area (Å²) in [4.78, 5) is 12.0. The van der Waals surface area contributed by atoms with Crippen molar-refractivity contribution >= 4 is 28.3 Å². The summed E-state index contributed by atoms with van der Waals surface area (Å²) in [6.45, 7) is 1.97. The van der Waals surface area contributed by atoms with Crippen molar-refractivity contribution in [2.24, 2.45) is 0 Å². The van der Waals surface area contributed by atoms with Crippen molar-refractivity contribution in [2.45, 2.75) is 37.1 Å². The Labute approximate surface area is 150 Å². The van der Waals surface area contributed by atoms with E-state index in [1.54, 1.807) is 35.6 Å². The van der Waals surface area contributed by atoms with Crippen LogP contribution < -0.4 is 10.6 Å². The van der Waals surface area contributed by atoms with Gasteiger partial charge in [0.05, 0.1) is 4.90 Å². The van der Waals surface area contributed by atoms with Crippen LogP contribution in [0.1, 0.15) is 31.2 Å². The van der Waals surface area contributed by atoms with E-state index in [2.05, 4.69) is 10.6 Å². The quantitative estimate of drug-likeness (QED) is 0.757. The number of nitrogens with one attached hydrogen (secondary N) is 2. The fraction of sp³-hybridized carbons (Fsp3) is 0.562. The van der Waals surface area contributed by atoms with E-state index in [9.17, 15) is 13.2 Å². The minimum absolute atomic E-state index is 0. The SMILES string of the molecule is CNCCC(=O)NCc1ccccc1S(=O)(=O)N1CCCCC1.Cl. The Balaban J connectivity index is 0.00000288. The van der Waals surface area contributed by atoms with Gasteiger partial charge < -0.3 is 10.6 Å². The number of carbonyl (C=O) groups is 1. The smallest absolute Gasteiger partial charge is 0.243 e. The van der Waals surface area contributed by atoms with Gasteiger partial charge in [0.15, 0.2) is 0 Å². The standard InChI is InChI=1S/C16H25N3O3S.ClH/c1-17-10-9-16(20)18-13-14-7-3-4-8-15(14)23(21,22)19-11-5-2-6-12-19;/h3-4,7-8,17H,2,5-6,9-13H2,1H3,(H,18,20);1H. The summed E-state index contributed by atoms with van der Waals surface area (Å²) in [5, 5.41) is 5.70. The number of piperidine rings is 1. The summed E-state index contributed by atoms with van der Waals surface area (Å²) in [6, 6.07) is 6.90. The maximum atomic E-state index is 12.8. The number of halogens is 1.